The Balaban J connectivity index is 2.46. The summed E-state index contributed by atoms with van der Waals surface area (Å²) in [6.07, 6.45) is 0. The Kier molecular flexibility index (Phi) is 3.00. The zero-order valence-corrected chi connectivity index (χ0v) is 11.5. The van der Waals surface area contributed by atoms with Crippen molar-refractivity contribution in [1.82, 2.24) is 0 Å². The molecule has 1 aliphatic heterocycles. The molecule has 0 bridgehead atoms. The van der Waals surface area contributed by atoms with Crippen molar-refractivity contribution in [3.8, 4) is 0 Å². The molecular weight excluding hydrogens is 259 g/mol. The molecule has 1 aliphatic rings. The summed E-state index contributed by atoms with van der Waals surface area (Å²) in [6.45, 7) is 6.08. The normalized spacial score (nSPS) is 18.2. The van der Waals surface area contributed by atoms with E-state index in [2.05, 4.69) is 0 Å². The molecule has 5 heteroatoms. The second kappa shape index (κ2) is 4.02. The smallest absolute Gasteiger partial charge is 0.202 e. The number of halogens is 3. The number of rotatable bonds is 1. The van der Waals surface area contributed by atoms with Crippen LogP contribution >= 0.6 is 11.8 Å². The molecule has 18 heavy (non-hydrogen) atoms. The Bertz CT molecular complexity index is 530. The fourth-order valence-electron chi connectivity index (χ4n) is 2.30. The van der Waals surface area contributed by atoms with Crippen molar-refractivity contribution in [3.05, 3.63) is 23.8 Å². The monoisotopic (exact) mass is 274 g/mol. The molecule has 0 radical (unpaired) electrons. The predicted molar refractivity (Wildman–Crippen MR) is 67.9 cm³/mol. The minimum Gasteiger partial charge on any atom is -0.202 e. The van der Waals surface area contributed by atoms with Gasteiger partial charge in [-0.1, -0.05) is 0 Å². The second-order valence-electron chi connectivity index (χ2n) is 5.00. The molecule has 1 aromatic rings. The van der Waals surface area contributed by atoms with E-state index in [0.717, 1.165) is 17.0 Å². The van der Waals surface area contributed by atoms with E-state index in [1.165, 1.54) is 6.07 Å². The quantitative estimate of drug-likeness (QED) is 0.544. The van der Waals surface area contributed by atoms with Crippen LogP contribution in [0.3, 0.4) is 0 Å². The Morgan fingerprint density at radius 3 is 2.39 bits per heavy atom. The van der Waals surface area contributed by atoms with Crippen LogP contribution < -0.4 is 0 Å². The van der Waals surface area contributed by atoms with Crippen LogP contribution in [0.4, 0.5) is 18.9 Å². The molecule has 0 aliphatic carbocycles. The van der Waals surface area contributed by atoms with E-state index in [-0.39, 0.29) is 22.1 Å². The van der Waals surface area contributed by atoms with Crippen LogP contribution in [0, 0.1) is 0 Å². The number of hydrogen-bond acceptors (Lipinski definition) is 1. The number of hydrogen-bond donors (Lipinski definition) is 0. The van der Waals surface area contributed by atoms with E-state index in [1.54, 1.807) is 12.1 Å². The standard InChI is InChI=1S/C13H15F3NS/c1-8-12(2,3)10-7-9(18-13(14,15)16)5-6-11(10)17(8)4/h5-7H,1-4H3/q+1. The highest BCUT2D eigenvalue weighted by Gasteiger charge is 2.42. The lowest BCUT2D eigenvalue weighted by Gasteiger charge is -2.16. The van der Waals surface area contributed by atoms with Crippen LogP contribution in [0.5, 0.6) is 0 Å². The van der Waals surface area contributed by atoms with Crippen molar-refractivity contribution in [3.63, 3.8) is 0 Å². The van der Waals surface area contributed by atoms with Crippen molar-refractivity contribution in [2.75, 3.05) is 7.05 Å². The van der Waals surface area contributed by atoms with Crippen molar-refractivity contribution in [1.29, 1.82) is 0 Å². The first-order chi connectivity index (χ1) is 8.13. The van der Waals surface area contributed by atoms with Gasteiger partial charge in [0.15, 0.2) is 5.71 Å². The highest BCUT2D eigenvalue weighted by molar-refractivity contribution is 8.00. The summed E-state index contributed by atoms with van der Waals surface area (Å²) in [5.74, 6) is 0. The average Bonchev–Trinajstić information content (AvgIpc) is 2.39. The molecule has 0 N–H and O–H groups in total. The van der Waals surface area contributed by atoms with Gasteiger partial charge in [-0.15, -0.1) is 0 Å². The molecule has 1 aromatic carbocycles. The number of fused-ring (bicyclic) bond motifs is 1. The summed E-state index contributed by atoms with van der Waals surface area (Å²) in [7, 11) is 1.94. The molecule has 0 atom stereocenters. The van der Waals surface area contributed by atoms with E-state index in [1.807, 2.05) is 32.4 Å². The lowest BCUT2D eigenvalue weighted by Crippen LogP contribution is -2.25. The maximum atomic E-state index is 12.4. The molecule has 0 spiro atoms. The van der Waals surface area contributed by atoms with Crippen molar-refractivity contribution >= 4 is 23.2 Å². The molecule has 0 saturated carbocycles. The van der Waals surface area contributed by atoms with Gasteiger partial charge in [0.25, 0.3) is 0 Å². The fourth-order valence-corrected chi connectivity index (χ4v) is 2.88. The van der Waals surface area contributed by atoms with Gasteiger partial charge in [0.05, 0.1) is 5.41 Å². The average molecular weight is 274 g/mol. The van der Waals surface area contributed by atoms with Gasteiger partial charge >= 0.3 is 5.51 Å². The van der Waals surface area contributed by atoms with Gasteiger partial charge in [-0.05, 0) is 37.7 Å². The number of alkyl halides is 3. The maximum absolute atomic E-state index is 12.4. The number of nitrogens with zero attached hydrogens (tertiary/aromatic N) is 1. The highest BCUT2D eigenvalue weighted by atomic mass is 32.2. The molecule has 0 aromatic heterocycles. The Morgan fingerprint density at radius 2 is 1.83 bits per heavy atom. The minimum atomic E-state index is -4.23. The molecule has 2 rings (SSSR count). The van der Waals surface area contributed by atoms with Gasteiger partial charge in [0, 0.05) is 23.4 Å². The molecule has 0 unspecified atom stereocenters. The topological polar surface area (TPSA) is 3.01 Å². The molecule has 0 fully saturated rings. The van der Waals surface area contributed by atoms with Crippen molar-refractivity contribution < 1.29 is 17.7 Å². The van der Waals surface area contributed by atoms with Crippen LogP contribution in [-0.2, 0) is 5.41 Å². The Morgan fingerprint density at radius 1 is 1.22 bits per heavy atom. The largest absolute Gasteiger partial charge is 0.446 e. The van der Waals surface area contributed by atoms with E-state index in [9.17, 15) is 13.2 Å². The van der Waals surface area contributed by atoms with Gasteiger partial charge in [-0.25, -0.2) is 4.58 Å². The summed E-state index contributed by atoms with van der Waals surface area (Å²) in [4.78, 5) is 0.248. The van der Waals surface area contributed by atoms with Crippen LogP contribution in [0.1, 0.15) is 26.3 Å². The third-order valence-electron chi connectivity index (χ3n) is 3.64. The summed E-state index contributed by atoms with van der Waals surface area (Å²) in [5, 5.41) is 0. The molecule has 1 heterocycles. The van der Waals surface area contributed by atoms with E-state index < -0.39 is 5.51 Å². The fraction of sp³-hybridized carbons (Fsp3) is 0.462. The summed E-state index contributed by atoms with van der Waals surface area (Å²) < 4.78 is 39.2. The zero-order valence-electron chi connectivity index (χ0n) is 10.7. The van der Waals surface area contributed by atoms with Gasteiger partial charge in [0.2, 0.25) is 5.69 Å². The minimum absolute atomic E-state index is 0.0578. The molecule has 1 nitrogen and oxygen atoms in total. The third-order valence-corrected chi connectivity index (χ3v) is 4.37. The summed E-state index contributed by atoms with van der Waals surface area (Å²) >= 11 is -0.0578. The molecule has 98 valence electrons. The maximum Gasteiger partial charge on any atom is 0.446 e. The molecule has 0 amide bonds. The zero-order chi connectivity index (χ0) is 13.7. The number of benzene rings is 1. The first-order valence-electron chi connectivity index (χ1n) is 5.61. The van der Waals surface area contributed by atoms with E-state index in [4.69, 9.17) is 0 Å². The van der Waals surface area contributed by atoms with Crippen LogP contribution in [0.15, 0.2) is 23.1 Å². The first kappa shape index (κ1) is 13.5. The first-order valence-corrected chi connectivity index (χ1v) is 6.42. The summed E-state index contributed by atoms with van der Waals surface area (Å²) in [5.41, 5.74) is -1.36. The molecular formula is C13H15F3NS+. The van der Waals surface area contributed by atoms with Gasteiger partial charge < -0.3 is 0 Å². The van der Waals surface area contributed by atoms with Gasteiger partial charge in [-0.2, -0.15) is 13.2 Å². The SMILES string of the molecule is CC1=[N+](C)c2ccc(SC(F)(F)F)cc2C1(C)C. The lowest BCUT2D eigenvalue weighted by atomic mass is 9.82. The van der Waals surface area contributed by atoms with Crippen LogP contribution in [0.2, 0.25) is 0 Å². The summed E-state index contributed by atoms with van der Waals surface area (Å²) in [6, 6.07) is 4.95. The highest BCUT2D eigenvalue weighted by Crippen LogP contribution is 2.43. The van der Waals surface area contributed by atoms with Gasteiger partial charge in [-0.3, -0.25) is 0 Å². The van der Waals surface area contributed by atoms with Crippen LogP contribution in [0.25, 0.3) is 0 Å². The third kappa shape index (κ3) is 2.16. The lowest BCUT2D eigenvalue weighted by molar-refractivity contribution is -0.403. The Labute approximate surface area is 109 Å². The Hall–Kier alpha value is -0.970. The molecule has 0 saturated heterocycles. The van der Waals surface area contributed by atoms with Crippen molar-refractivity contribution in [2.24, 2.45) is 0 Å². The second-order valence-corrected chi connectivity index (χ2v) is 6.13. The van der Waals surface area contributed by atoms with Crippen LogP contribution in [-0.4, -0.2) is 22.8 Å². The van der Waals surface area contributed by atoms with Crippen molar-refractivity contribution in [2.45, 2.75) is 36.6 Å². The van der Waals surface area contributed by atoms with Gasteiger partial charge in [0.1, 0.15) is 7.05 Å². The van der Waals surface area contributed by atoms with E-state index in [0.29, 0.717) is 0 Å². The number of thioether (sulfide) groups is 1. The van der Waals surface area contributed by atoms with E-state index >= 15 is 0 Å². The predicted octanol–water partition coefficient (Wildman–Crippen LogP) is 4.32.